The number of hydrogen-bond donors (Lipinski definition) is 2. The van der Waals surface area contributed by atoms with Gasteiger partial charge in [-0.15, -0.1) is 0 Å². The number of hydrogen-bond acceptors (Lipinski definition) is 6. The van der Waals surface area contributed by atoms with E-state index in [0.717, 1.165) is 48.8 Å². The van der Waals surface area contributed by atoms with E-state index in [1.807, 2.05) is 12.1 Å². The van der Waals surface area contributed by atoms with Gasteiger partial charge in [0.25, 0.3) is 5.91 Å². The molecular formula is C30H36N4O4. The molecule has 4 heterocycles. The summed E-state index contributed by atoms with van der Waals surface area (Å²) in [5.41, 5.74) is 10.9. The molecule has 0 unspecified atom stereocenters. The van der Waals surface area contributed by atoms with Gasteiger partial charge in [-0.1, -0.05) is 31.5 Å². The summed E-state index contributed by atoms with van der Waals surface area (Å²) in [6, 6.07) is 11.6. The second-order valence-electron chi connectivity index (χ2n) is 11.1. The van der Waals surface area contributed by atoms with Gasteiger partial charge in [-0.2, -0.15) is 0 Å². The summed E-state index contributed by atoms with van der Waals surface area (Å²) in [6.07, 6.45) is 6.06. The van der Waals surface area contributed by atoms with Gasteiger partial charge >= 0.3 is 0 Å². The van der Waals surface area contributed by atoms with Crippen LogP contribution in [-0.2, 0) is 16.0 Å². The van der Waals surface area contributed by atoms with Crippen LogP contribution in [0.25, 0.3) is 0 Å². The Kier molecular flexibility index (Phi) is 6.38. The lowest BCUT2D eigenvalue weighted by Crippen LogP contribution is -2.53. The van der Waals surface area contributed by atoms with Crippen LogP contribution in [0.2, 0.25) is 0 Å². The summed E-state index contributed by atoms with van der Waals surface area (Å²) < 4.78 is 11.7. The molecular weight excluding hydrogens is 480 g/mol. The van der Waals surface area contributed by atoms with Crippen molar-refractivity contribution in [2.24, 2.45) is 10.7 Å². The van der Waals surface area contributed by atoms with Crippen molar-refractivity contribution in [3.63, 3.8) is 0 Å². The highest BCUT2D eigenvalue weighted by molar-refractivity contribution is 6.00. The van der Waals surface area contributed by atoms with E-state index in [-0.39, 0.29) is 36.0 Å². The lowest BCUT2D eigenvalue weighted by Gasteiger charge is -2.42. The molecule has 8 heteroatoms. The number of ether oxygens (including phenoxy) is 2. The van der Waals surface area contributed by atoms with Crippen molar-refractivity contribution in [3.8, 4) is 5.75 Å². The molecule has 6 bridgehead atoms. The highest BCUT2D eigenvalue weighted by Crippen LogP contribution is 2.43. The van der Waals surface area contributed by atoms with Crippen LogP contribution >= 0.6 is 0 Å². The first-order valence-electron chi connectivity index (χ1n) is 13.8. The van der Waals surface area contributed by atoms with Gasteiger partial charge in [-0.25, -0.2) is 4.99 Å². The first-order valence-corrected chi connectivity index (χ1v) is 13.8. The topological polar surface area (TPSA) is 106 Å². The van der Waals surface area contributed by atoms with E-state index in [1.165, 1.54) is 5.56 Å². The van der Waals surface area contributed by atoms with Crippen LogP contribution < -0.4 is 15.8 Å². The van der Waals surface area contributed by atoms with E-state index in [2.05, 4.69) is 30.4 Å². The molecule has 5 aliphatic rings. The number of aliphatic imine (C=N–C) groups is 1. The van der Waals surface area contributed by atoms with Crippen molar-refractivity contribution >= 4 is 17.8 Å². The zero-order valence-corrected chi connectivity index (χ0v) is 22.2. The molecule has 2 aromatic rings. The van der Waals surface area contributed by atoms with Gasteiger partial charge in [0.2, 0.25) is 5.91 Å². The molecule has 8 nitrogen and oxygen atoms in total. The molecule has 4 aliphatic heterocycles. The Balaban J connectivity index is 1.43. The van der Waals surface area contributed by atoms with Gasteiger partial charge in [-0.05, 0) is 60.6 Å². The second kappa shape index (κ2) is 9.73. The van der Waals surface area contributed by atoms with E-state index in [9.17, 15) is 9.59 Å². The maximum Gasteiger partial charge on any atom is 0.251 e. The lowest BCUT2D eigenvalue weighted by molar-refractivity contribution is -0.132. The van der Waals surface area contributed by atoms with Crippen molar-refractivity contribution in [2.45, 2.75) is 82.0 Å². The zero-order valence-electron chi connectivity index (χ0n) is 22.2. The smallest absolute Gasteiger partial charge is 0.251 e. The highest BCUT2D eigenvalue weighted by atomic mass is 16.5. The first-order chi connectivity index (χ1) is 18.4. The van der Waals surface area contributed by atoms with E-state index >= 15 is 0 Å². The average molecular weight is 517 g/mol. The van der Waals surface area contributed by atoms with Gasteiger partial charge in [0.05, 0.1) is 36.8 Å². The van der Waals surface area contributed by atoms with E-state index < -0.39 is 5.54 Å². The Bertz CT molecular complexity index is 1310. The van der Waals surface area contributed by atoms with Crippen molar-refractivity contribution in [2.75, 3.05) is 13.7 Å². The monoisotopic (exact) mass is 516 g/mol. The van der Waals surface area contributed by atoms with Crippen molar-refractivity contribution in [3.05, 3.63) is 64.2 Å². The number of benzene rings is 2. The number of fused-ring (bicyclic) bond motifs is 5. The van der Waals surface area contributed by atoms with Crippen LogP contribution in [0.15, 0.2) is 41.4 Å². The number of aryl methyl sites for hydroxylation is 1. The summed E-state index contributed by atoms with van der Waals surface area (Å²) in [4.78, 5) is 33.7. The van der Waals surface area contributed by atoms with Crippen LogP contribution in [0, 0.1) is 0 Å². The maximum atomic E-state index is 13.6. The van der Waals surface area contributed by atoms with E-state index in [0.29, 0.717) is 37.2 Å². The van der Waals surface area contributed by atoms with Crippen LogP contribution in [0.1, 0.15) is 103 Å². The normalized spacial score (nSPS) is 28.7. The van der Waals surface area contributed by atoms with Crippen molar-refractivity contribution in [1.29, 1.82) is 0 Å². The molecule has 0 saturated carbocycles. The molecule has 0 aromatic heterocycles. The Morgan fingerprint density at radius 3 is 2.82 bits per heavy atom. The number of carbonyl (C=O) groups is 2. The molecule has 7 rings (SSSR count). The van der Waals surface area contributed by atoms with Crippen LogP contribution in [0.4, 0.5) is 0 Å². The third-order valence-electron chi connectivity index (χ3n) is 8.87. The SMILES string of the molecule is CC[C@@]12CCCCc3ccc4c(c3)[C@H](C[C@@H]4OC)NC(=O)c3ccc4c(c3)[C@@H](CCO4)N(C(=O)C1)C(N)=N2. The minimum absolute atomic E-state index is 0.00929. The number of amides is 2. The molecule has 38 heavy (non-hydrogen) atoms. The van der Waals surface area contributed by atoms with Crippen LogP contribution in [0.3, 0.4) is 0 Å². The van der Waals surface area contributed by atoms with Gasteiger partial charge < -0.3 is 20.5 Å². The molecule has 1 aliphatic carbocycles. The van der Waals surface area contributed by atoms with Gasteiger partial charge in [-0.3, -0.25) is 14.5 Å². The van der Waals surface area contributed by atoms with Gasteiger partial charge in [0.1, 0.15) is 5.75 Å². The molecule has 0 saturated heterocycles. The number of methoxy groups -OCH3 is 1. The van der Waals surface area contributed by atoms with E-state index in [1.54, 1.807) is 18.1 Å². The average Bonchev–Trinajstić information content (AvgIpc) is 3.26. The molecule has 0 fully saturated rings. The molecule has 4 atom stereocenters. The minimum atomic E-state index is -0.465. The minimum Gasteiger partial charge on any atom is -0.493 e. The summed E-state index contributed by atoms with van der Waals surface area (Å²) in [5, 5.41) is 3.25. The fourth-order valence-electron chi connectivity index (χ4n) is 6.70. The number of guanidine groups is 1. The van der Waals surface area contributed by atoms with Crippen LogP contribution in [-0.4, -0.2) is 41.9 Å². The Hall–Kier alpha value is -3.39. The van der Waals surface area contributed by atoms with Gasteiger partial charge in [0, 0.05) is 31.1 Å². The molecule has 0 spiro atoms. The van der Waals surface area contributed by atoms with Gasteiger partial charge in [0.15, 0.2) is 5.96 Å². The number of nitrogens with zero attached hydrogens (tertiary/aromatic N) is 2. The lowest BCUT2D eigenvalue weighted by atomic mass is 9.84. The Morgan fingerprint density at radius 1 is 1.16 bits per heavy atom. The quantitative estimate of drug-likeness (QED) is 0.612. The van der Waals surface area contributed by atoms with Crippen LogP contribution in [0.5, 0.6) is 5.75 Å². The summed E-state index contributed by atoms with van der Waals surface area (Å²) >= 11 is 0. The third-order valence-corrected chi connectivity index (χ3v) is 8.87. The predicted octanol–water partition coefficient (Wildman–Crippen LogP) is 4.49. The molecule has 2 amide bonds. The largest absolute Gasteiger partial charge is 0.493 e. The Labute approximate surface area is 223 Å². The number of nitrogens with two attached hydrogens (primary N) is 1. The summed E-state index contributed by atoms with van der Waals surface area (Å²) in [7, 11) is 1.72. The first kappa shape index (κ1) is 24.9. The maximum absolute atomic E-state index is 13.6. The molecule has 3 N–H and O–H groups in total. The molecule has 200 valence electrons. The second-order valence-corrected chi connectivity index (χ2v) is 11.1. The fraction of sp³-hybridized carbons (Fsp3) is 0.500. The van der Waals surface area contributed by atoms with Crippen molar-refractivity contribution < 1.29 is 19.1 Å². The van der Waals surface area contributed by atoms with E-state index in [4.69, 9.17) is 20.2 Å². The predicted molar refractivity (Wildman–Crippen MR) is 144 cm³/mol. The number of rotatable bonds is 2. The zero-order chi connectivity index (χ0) is 26.4. The molecule has 0 radical (unpaired) electrons. The summed E-state index contributed by atoms with van der Waals surface area (Å²) in [5.74, 6) is 0.780. The number of carbonyl (C=O) groups excluding carboxylic acids is 2. The third kappa shape index (κ3) is 4.25. The fourth-order valence-corrected chi connectivity index (χ4v) is 6.70. The summed E-state index contributed by atoms with van der Waals surface area (Å²) in [6.45, 7) is 2.56. The number of nitrogens with one attached hydrogen (secondary N) is 1. The highest BCUT2D eigenvalue weighted by Gasteiger charge is 2.42. The standard InChI is InChI=1S/C30H36N4O4/c1-3-30-12-5-4-6-18-7-9-20-21(14-18)23(16-26(20)37-2)32-28(36)19-8-10-25-22(15-19)24(11-13-38-25)34(27(35)17-30)29(31)33-30/h7-10,14-15,23-24,26H,3-6,11-13,16-17H2,1-2H3,(H2,31,33)(H,32,36)/t23-,24+,26-,30+/m0/s1. The Morgan fingerprint density at radius 2 is 2.03 bits per heavy atom. The van der Waals surface area contributed by atoms with Crippen molar-refractivity contribution in [1.82, 2.24) is 10.2 Å². The molecule has 2 aromatic carbocycles.